The van der Waals surface area contributed by atoms with Crippen LogP contribution >= 0.6 is 11.6 Å². The third kappa shape index (κ3) is 3.47. The minimum Gasteiger partial charge on any atom is -0.457 e. The molecule has 0 fully saturated rings. The number of nitrogens with zero attached hydrogens (tertiary/aromatic N) is 1. The summed E-state index contributed by atoms with van der Waals surface area (Å²) >= 11 is 5.73. The molecule has 26 heavy (non-hydrogen) atoms. The van der Waals surface area contributed by atoms with Gasteiger partial charge in [0.1, 0.15) is 23.0 Å². The van der Waals surface area contributed by atoms with Crippen molar-refractivity contribution in [1.29, 1.82) is 0 Å². The molecule has 3 aromatic rings. The van der Waals surface area contributed by atoms with E-state index in [-0.39, 0.29) is 16.5 Å². The molecule has 2 aromatic heterocycles. The van der Waals surface area contributed by atoms with Gasteiger partial charge in [0.15, 0.2) is 0 Å². The molecule has 0 aliphatic carbocycles. The summed E-state index contributed by atoms with van der Waals surface area (Å²) in [6, 6.07) is 7.22. The lowest BCUT2D eigenvalue weighted by atomic mass is 10.2. The van der Waals surface area contributed by atoms with Gasteiger partial charge >= 0.3 is 16.9 Å². The summed E-state index contributed by atoms with van der Waals surface area (Å²) < 4.78 is 18.7. The minimum absolute atomic E-state index is 0.0623. The Hall–Kier alpha value is -3.46. The van der Waals surface area contributed by atoms with E-state index < -0.39 is 27.7 Å². The van der Waals surface area contributed by atoms with E-state index >= 15 is 0 Å². The number of benzene rings is 1. The molecule has 0 aliphatic heterocycles. The molecule has 8 nitrogen and oxygen atoms in total. The largest absolute Gasteiger partial charge is 0.457 e. The zero-order valence-electron chi connectivity index (χ0n) is 12.8. The number of halogens is 2. The van der Waals surface area contributed by atoms with Crippen LogP contribution in [0.3, 0.4) is 0 Å². The van der Waals surface area contributed by atoms with Crippen molar-refractivity contribution >= 4 is 29.4 Å². The number of H-pyrrole nitrogens is 2. The SMILES string of the molecule is O=c1[nH]c(C=Cc2ccc(-c3ccc(F)c(Cl)c3)o2)c([N+](=O)[O-])c(=O)[nH]1. The summed E-state index contributed by atoms with van der Waals surface area (Å²) in [5, 5.41) is 10.9. The maximum absolute atomic E-state index is 13.2. The molecule has 132 valence electrons. The van der Waals surface area contributed by atoms with E-state index in [2.05, 4.69) is 4.98 Å². The summed E-state index contributed by atoms with van der Waals surface area (Å²) in [5.41, 5.74) is -2.52. The molecule has 0 spiro atoms. The van der Waals surface area contributed by atoms with Crippen molar-refractivity contribution in [3.8, 4) is 11.3 Å². The van der Waals surface area contributed by atoms with Gasteiger partial charge in [0.05, 0.1) is 9.95 Å². The van der Waals surface area contributed by atoms with Crippen molar-refractivity contribution in [2.24, 2.45) is 0 Å². The Balaban J connectivity index is 1.95. The average molecular weight is 378 g/mol. The van der Waals surface area contributed by atoms with Gasteiger partial charge in [-0.3, -0.25) is 19.9 Å². The second-order valence-corrected chi connectivity index (χ2v) is 5.50. The lowest BCUT2D eigenvalue weighted by Gasteiger charge is -1.99. The normalized spacial score (nSPS) is 11.2. The molecule has 0 radical (unpaired) electrons. The molecule has 0 aliphatic rings. The Bertz CT molecular complexity index is 1150. The number of hydrogen-bond acceptors (Lipinski definition) is 5. The molecule has 3 rings (SSSR count). The second-order valence-electron chi connectivity index (χ2n) is 5.09. The van der Waals surface area contributed by atoms with Crippen LogP contribution in [0.25, 0.3) is 23.5 Å². The summed E-state index contributed by atoms with van der Waals surface area (Å²) in [4.78, 5) is 36.9. The van der Waals surface area contributed by atoms with Crippen LogP contribution in [0.5, 0.6) is 0 Å². The molecular weight excluding hydrogens is 369 g/mol. The molecule has 1 aromatic carbocycles. The van der Waals surface area contributed by atoms with E-state index in [0.717, 1.165) is 0 Å². The molecule has 0 bridgehead atoms. The van der Waals surface area contributed by atoms with Gasteiger partial charge < -0.3 is 9.40 Å². The molecule has 0 atom stereocenters. The van der Waals surface area contributed by atoms with Crippen LogP contribution in [-0.4, -0.2) is 14.9 Å². The van der Waals surface area contributed by atoms with Gasteiger partial charge in [0.25, 0.3) is 0 Å². The fourth-order valence-electron chi connectivity index (χ4n) is 2.21. The molecular formula is C16H9ClFN3O5. The number of aromatic nitrogens is 2. The predicted molar refractivity (Wildman–Crippen MR) is 92.4 cm³/mol. The number of aromatic amines is 2. The van der Waals surface area contributed by atoms with Crippen molar-refractivity contribution < 1.29 is 13.7 Å². The van der Waals surface area contributed by atoms with E-state index in [1.165, 1.54) is 30.4 Å². The molecule has 10 heteroatoms. The maximum atomic E-state index is 13.2. The van der Waals surface area contributed by atoms with Crippen LogP contribution in [0, 0.1) is 15.9 Å². The Morgan fingerprint density at radius 2 is 1.92 bits per heavy atom. The second kappa shape index (κ2) is 6.81. The van der Waals surface area contributed by atoms with Crippen molar-refractivity contribution in [2.45, 2.75) is 0 Å². The zero-order valence-corrected chi connectivity index (χ0v) is 13.5. The van der Waals surface area contributed by atoms with Crippen LogP contribution < -0.4 is 11.2 Å². The van der Waals surface area contributed by atoms with Gasteiger partial charge in [-0.15, -0.1) is 0 Å². The quantitative estimate of drug-likeness (QED) is 0.534. The van der Waals surface area contributed by atoms with Gasteiger partial charge in [0.2, 0.25) is 0 Å². The van der Waals surface area contributed by atoms with E-state index in [9.17, 15) is 24.1 Å². The smallest absolute Gasteiger partial charge is 0.357 e. The maximum Gasteiger partial charge on any atom is 0.357 e. The molecule has 0 amide bonds. The zero-order chi connectivity index (χ0) is 18.8. The standard InChI is InChI=1S/C16H9ClFN3O5/c17-10-7-8(1-4-11(10)18)13-6-3-9(26-13)2-5-12-14(21(24)25)15(22)20-16(23)19-12/h1-7H,(H2,19,20,22,23). The Morgan fingerprint density at radius 3 is 2.62 bits per heavy atom. The third-order valence-corrected chi connectivity index (χ3v) is 3.66. The molecule has 0 unspecified atom stereocenters. The number of rotatable bonds is 4. The van der Waals surface area contributed by atoms with E-state index in [1.807, 2.05) is 0 Å². The van der Waals surface area contributed by atoms with Crippen LogP contribution in [0.4, 0.5) is 10.1 Å². The van der Waals surface area contributed by atoms with Gasteiger partial charge in [-0.25, -0.2) is 9.18 Å². The summed E-state index contributed by atoms with van der Waals surface area (Å²) in [5.74, 6) is 0.115. The van der Waals surface area contributed by atoms with Gasteiger partial charge in [-0.1, -0.05) is 11.6 Å². The van der Waals surface area contributed by atoms with Crippen molar-refractivity contribution in [1.82, 2.24) is 9.97 Å². The Morgan fingerprint density at radius 1 is 1.15 bits per heavy atom. The first-order valence-corrected chi connectivity index (χ1v) is 7.47. The summed E-state index contributed by atoms with van der Waals surface area (Å²) in [6.45, 7) is 0. The van der Waals surface area contributed by atoms with E-state index in [1.54, 1.807) is 17.1 Å². The number of nitro groups is 1. The monoisotopic (exact) mass is 377 g/mol. The van der Waals surface area contributed by atoms with Gasteiger partial charge in [-0.05, 0) is 42.5 Å². The van der Waals surface area contributed by atoms with Crippen molar-refractivity contribution in [3.05, 3.63) is 83.6 Å². The Labute approximate surface area is 148 Å². The van der Waals surface area contributed by atoms with E-state index in [0.29, 0.717) is 11.3 Å². The molecule has 2 N–H and O–H groups in total. The highest BCUT2D eigenvalue weighted by atomic mass is 35.5. The average Bonchev–Trinajstić information content (AvgIpc) is 3.03. The molecule has 0 saturated heterocycles. The molecule has 0 saturated carbocycles. The topological polar surface area (TPSA) is 122 Å². The first-order valence-electron chi connectivity index (χ1n) is 7.09. The summed E-state index contributed by atoms with van der Waals surface area (Å²) in [7, 11) is 0. The highest BCUT2D eigenvalue weighted by molar-refractivity contribution is 6.31. The fourth-order valence-corrected chi connectivity index (χ4v) is 2.39. The molecule has 2 heterocycles. The lowest BCUT2D eigenvalue weighted by Crippen LogP contribution is -2.25. The highest BCUT2D eigenvalue weighted by Crippen LogP contribution is 2.27. The van der Waals surface area contributed by atoms with E-state index in [4.69, 9.17) is 16.0 Å². The third-order valence-electron chi connectivity index (χ3n) is 3.37. The fraction of sp³-hybridized carbons (Fsp3) is 0. The van der Waals surface area contributed by atoms with Gasteiger partial charge in [0, 0.05) is 5.56 Å². The lowest BCUT2D eigenvalue weighted by molar-refractivity contribution is -0.386. The van der Waals surface area contributed by atoms with Crippen LogP contribution in [0.1, 0.15) is 11.5 Å². The summed E-state index contributed by atoms with van der Waals surface area (Å²) in [6.07, 6.45) is 2.52. The predicted octanol–water partition coefficient (Wildman–Crippen LogP) is 3.19. The number of nitrogens with one attached hydrogen (secondary N) is 2. The highest BCUT2D eigenvalue weighted by Gasteiger charge is 2.18. The number of furan rings is 1. The first kappa shape index (κ1) is 17.4. The first-order chi connectivity index (χ1) is 12.3. The number of hydrogen-bond donors (Lipinski definition) is 2. The van der Waals surface area contributed by atoms with Gasteiger partial charge in [-0.2, -0.15) is 0 Å². The van der Waals surface area contributed by atoms with Crippen LogP contribution in [0.2, 0.25) is 5.02 Å². The van der Waals surface area contributed by atoms with Crippen LogP contribution in [0.15, 0.2) is 44.3 Å². The Kier molecular flexibility index (Phi) is 4.55. The van der Waals surface area contributed by atoms with Crippen molar-refractivity contribution in [3.63, 3.8) is 0 Å². The van der Waals surface area contributed by atoms with Crippen molar-refractivity contribution in [2.75, 3.05) is 0 Å². The van der Waals surface area contributed by atoms with Crippen LogP contribution in [-0.2, 0) is 0 Å². The minimum atomic E-state index is -1.11.